The molecule has 2 N–H and O–H groups in total. The van der Waals surface area contributed by atoms with Gasteiger partial charge in [-0.3, -0.25) is 9.59 Å². The Hall–Kier alpha value is -2.96. The molecule has 0 saturated heterocycles. The Balaban J connectivity index is 1.59. The summed E-state index contributed by atoms with van der Waals surface area (Å²) in [6.07, 6.45) is 0.354. The van der Waals surface area contributed by atoms with Gasteiger partial charge in [0.2, 0.25) is 11.8 Å². The van der Waals surface area contributed by atoms with Crippen molar-refractivity contribution in [2.75, 3.05) is 10.6 Å². The van der Waals surface area contributed by atoms with Gasteiger partial charge in [-0.05, 0) is 44.5 Å². The smallest absolute Gasteiger partial charge is 0.228 e. The fraction of sp³-hybridized carbons (Fsp3) is 0.300. The quantitative estimate of drug-likeness (QED) is 0.804. The molecule has 142 valence electrons. The lowest BCUT2D eigenvalue weighted by atomic mass is 10.2. The van der Waals surface area contributed by atoms with Gasteiger partial charge in [0.05, 0.1) is 23.6 Å². The van der Waals surface area contributed by atoms with Crippen LogP contribution in [0.2, 0.25) is 0 Å². The molecule has 0 radical (unpaired) electrons. The van der Waals surface area contributed by atoms with E-state index in [2.05, 4.69) is 10.6 Å². The number of halogens is 2. The van der Waals surface area contributed by atoms with E-state index in [1.54, 1.807) is 18.2 Å². The highest BCUT2D eigenvalue weighted by atomic mass is 19.2. The summed E-state index contributed by atoms with van der Waals surface area (Å²) < 4.78 is 31.8. The second-order valence-electron chi connectivity index (χ2n) is 6.72. The summed E-state index contributed by atoms with van der Waals surface area (Å²) in [6, 6.07) is 10.2. The summed E-state index contributed by atoms with van der Waals surface area (Å²) in [7, 11) is 0. The van der Waals surface area contributed by atoms with Crippen molar-refractivity contribution in [2.24, 2.45) is 11.8 Å². The van der Waals surface area contributed by atoms with E-state index in [9.17, 15) is 18.4 Å². The number of hydrogen-bond acceptors (Lipinski definition) is 3. The molecule has 1 saturated carbocycles. The van der Waals surface area contributed by atoms with Gasteiger partial charge in [-0.1, -0.05) is 12.1 Å². The summed E-state index contributed by atoms with van der Waals surface area (Å²) in [4.78, 5) is 24.6. The second kappa shape index (κ2) is 7.73. The van der Waals surface area contributed by atoms with Crippen molar-refractivity contribution in [3.63, 3.8) is 0 Å². The van der Waals surface area contributed by atoms with E-state index in [1.807, 2.05) is 19.9 Å². The fourth-order valence-electron chi connectivity index (χ4n) is 2.74. The van der Waals surface area contributed by atoms with Gasteiger partial charge in [0, 0.05) is 11.8 Å². The zero-order valence-electron chi connectivity index (χ0n) is 15.0. The highest BCUT2D eigenvalue weighted by Crippen LogP contribution is 2.41. The summed E-state index contributed by atoms with van der Waals surface area (Å²) in [5.74, 6) is -3.12. The third-order valence-electron chi connectivity index (χ3n) is 4.16. The van der Waals surface area contributed by atoms with Gasteiger partial charge in [-0.25, -0.2) is 8.78 Å². The van der Waals surface area contributed by atoms with E-state index >= 15 is 0 Å². The molecule has 1 aliphatic carbocycles. The minimum absolute atomic E-state index is 0.0430. The number of amides is 2. The molecular weight excluding hydrogens is 354 g/mol. The topological polar surface area (TPSA) is 67.4 Å². The highest BCUT2D eigenvalue weighted by molar-refractivity contribution is 6.03. The Bertz CT molecular complexity index is 870. The van der Waals surface area contributed by atoms with Crippen molar-refractivity contribution >= 4 is 23.2 Å². The zero-order valence-corrected chi connectivity index (χ0v) is 15.0. The number of rotatable bonds is 6. The lowest BCUT2D eigenvalue weighted by molar-refractivity contribution is -0.122. The second-order valence-corrected chi connectivity index (χ2v) is 6.72. The van der Waals surface area contributed by atoms with Gasteiger partial charge in [0.1, 0.15) is 5.75 Å². The minimum Gasteiger partial charge on any atom is -0.489 e. The van der Waals surface area contributed by atoms with Crippen LogP contribution < -0.4 is 15.4 Å². The molecule has 2 aromatic rings. The number of hydrogen-bond donors (Lipinski definition) is 2. The van der Waals surface area contributed by atoms with E-state index in [1.165, 1.54) is 6.07 Å². The van der Waals surface area contributed by atoms with Crippen LogP contribution in [0.3, 0.4) is 0 Å². The van der Waals surface area contributed by atoms with E-state index in [0.29, 0.717) is 17.9 Å². The van der Waals surface area contributed by atoms with E-state index < -0.39 is 29.4 Å². The van der Waals surface area contributed by atoms with Gasteiger partial charge in [-0.2, -0.15) is 0 Å². The third-order valence-corrected chi connectivity index (χ3v) is 4.16. The first kappa shape index (κ1) is 18.8. The van der Waals surface area contributed by atoms with Crippen molar-refractivity contribution in [3.05, 3.63) is 54.1 Å². The van der Waals surface area contributed by atoms with Gasteiger partial charge in [0.15, 0.2) is 11.6 Å². The van der Waals surface area contributed by atoms with Crippen LogP contribution in [0.25, 0.3) is 0 Å². The minimum atomic E-state index is -1.04. The maximum atomic E-state index is 13.2. The van der Waals surface area contributed by atoms with Gasteiger partial charge in [-0.15, -0.1) is 0 Å². The van der Waals surface area contributed by atoms with Crippen LogP contribution in [0, 0.1) is 23.5 Å². The zero-order chi connectivity index (χ0) is 19.6. The van der Waals surface area contributed by atoms with Gasteiger partial charge in [0.25, 0.3) is 0 Å². The lowest BCUT2D eigenvalue weighted by Crippen LogP contribution is -2.21. The molecule has 2 amide bonds. The average molecular weight is 374 g/mol. The number of nitrogens with one attached hydrogen (secondary N) is 2. The molecule has 0 spiro atoms. The Morgan fingerprint density at radius 3 is 2.33 bits per heavy atom. The number of para-hydroxylation sites is 2. The molecule has 1 fully saturated rings. The normalized spacial score (nSPS) is 18.1. The van der Waals surface area contributed by atoms with Gasteiger partial charge < -0.3 is 15.4 Å². The van der Waals surface area contributed by atoms with Crippen LogP contribution in [0.5, 0.6) is 5.75 Å². The first-order chi connectivity index (χ1) is 12.8. The molecular formula is C20H20F2N2O3. The van der Waals surface area contributed by atoms with Crippen LogP contribution in [0.4, 0.5) is 20.2 Å². The van der Waals surface area contributed by atoms with E-state index in [-0.39, 0.29) is 17.7 Å². The molecule has 7 heteroatoms. The Kier molecular flexibility index (Phi) is 5.39. The summed E-state index contributed by atoms with van der Waals surface area (Å²) >= 11 is 0. The van der Waals surface area contributed by atoms with Crippen molar-refractivity contribution in [1.29, 1.82) is 0 Å². The maximum Gasteiger partial charge on any atom is 0.228 e. The summed E-state index contributed by atoms with van der Waals surface area (Å²) in [6.45, 7) is 3.77. The number of carbonyl (C=O) groups is 2. The molecule has 2 unspecified atom stereocenters. The van der Waals surface area contributed by atoms with Crippen LogP contribution >= 0.6 is 0 Å². The van der Waals surface area contributed by atoms with Crippen LogP contribution in [-0.2, 0) is 9.59 Å². The maximum absolute atomic E-state index is 13.2. The number of benzene rings is 2. The monoisotopic (exact) mass is 374 g/mol. The molecule has 2 atom stereocenters. The molecule has 0 aliphatic heterocycles. The average Bonchev–Trinajstić information content (AvgIpc) is 3.40. The Labute approximate surface area is 155 Å². The molecule has 1 aliphatic rings. The molecule has 5 nitrogen and oxygen atoms in total. The molecule has 3 rings (SSSR count). The molecule has 0 bridgehead atoms. The molecule has 27 heavy (non-hydrogen) atoms. The molecule has 0 aromatic heterocycles. The number of carbonyl (C=O) groups excluding carboxylic acids is 2. The summed E-state index contributed by atoms with van der Waals surface area (Å²) in [5, 5.41) is 5.30. The standard InChI is InChI=1S/C20H20F2N2O3/c1-11(2)27-18-6-4-3-5-17(18)24-20(26)14-10-13(14)19(25)23-12-7-8-15(21)16(22)9-12/h3-9,11,13-14H,10H2,1-2H3,(H,23,25)(H,24,26). The van der Waals surface area contributed by atoms with E-state index in [4.69, 9.17) is 4.74 Å². The van der Waals surface area contributed by atoms with Crippen LogP contribution in [0.15, 0.2) is 42.5 Å². The first-order valence-corrected chi connectivity index (χ1v) is 8.67. The molecule has 2 aromatic carbocycles. The van der Waals surface area contributed by atoms with Crippen molar-refractivity contribution in [1.82, 2.24) is 0 Å². The van der Waals surface area contributed by atoms with Crippen molar-refractivity contribution in [3.8, 4) is 5.75 Å². The predicted octanol–water partition coefficient (Wildman–Crippen LogP) is 3.97. The largest absolute Gasteiger partial charge is 0.489 e. The van der Waals surface area contributed by atoms with Crippen LogP contribution in [0.1, 0.15) is 20.3 Å². The fourth-order valence-corrected chi connectivity index (χ4v) is 2.74. The lowest BCUT2D eigenvalue weighted by Gasteiger charge is -2.14. The number of anilines is 2. The van der Waals surface area contributed by atoms with Crippen molar-refractivity contribution in [2.45, 2.75) is 26.4 Å². The van der Waals surface area contributed by atoms with Crippen LogP contribution in [-0.4, -0.2) is 17.9 Å². The third kappa shape index (κ3) is 4.61. The predicted molar refractivity (Wildman–Crippen MR) is 97.4 cm³/mol. The Morgan fingerprint density at radius 1 is 1.00 bits per heavy atom. The Morgan fingerprint density at radius 2 is 1.67 bits per heavy atom. The summed E-state index contributed by atoms with van der Waals surface area (Å²) in [5.41, 5.74) is 0.698. The number of ether oxygens (including phenoxy) is 1. The molecule has 0 heterocycles. The van der Waals surface area contributed by atoms with E-state index in [0.717, 1.165) is 12.1 Å². The van der Waals surface area contributed by atoms with Gasteiger partial charge >= 0.3 is 0 Å². The van der Waals surface area contributed by atoms with Crippen molar-refractivity contribution < 1.29 is 23.1 Å². The SMILES string of the molecule is CC(C)Oc1ccccc1NC(=O)C1CC1C(=O)Nc1ccc(F)c(F)c1. The highest BCUT2D eigenvalue weighted by Gasteiger charge is 2.48. The first-order valence-electron chi connectivity index (χ1n) is 8.67.